The van der Waals surface area contributed by atoms with Crippen LogP contribution in [0.1, 0.15) is 11.4 Å². The minimum Gasteiger partial charge on any atom is -0.492 e. The number of nitrogens with one attached hydrogen (secondary N) is 1. The van der Waals surface area contributed by atoms with Gasteiger partial charge >= 0.3 is 0 Å². The first-order valence-electron chi connectivity index (χ1n) is 6.19. The molecular formula is C14H18N4O. The Labute approximate surface area is 112 Å². The minimum absolute atomic E-state index is 0.500. The van der Waals surface area contributed by atoms with Gasteiger partial charge in [0, 0.05) is 24.5 Å². The molecular weight excluding hydrogens is 240 g/mol. The number of anilines is 2. The van der Waals surface area contributed by atoms with Crippen molar-refractivity contribution >= 4 is 11.5 Å². The third-order valence-electron chi connectivity index (χ3n) is 2.56. The van der Waals surface area contributed by atoms with E-state index in [1.807, 2.05) is 38.1 Å². The van der Waals surface area contributed by atoms with E-state index in [4.69, 9.17) is 10.5 Å². The first kappa shape index (κ1) is 13.3. The molecule has 5 heteroatoms. The Kier molecular flexibility index (Phi) is 4.30. The lowest BCUT2D eigenvalue weighted by Gasteiger charge is -2.10. The number of aryl methyl sites for hydroxylation is 2. The summed E-state index contributed by atoms with van der Waals surface area (Å²) in [7, 11) is 0. The van der Waals surface area contributed by atoms with Crippen LogP contribution in [0.3, 0.4) is 0 Å². The normalized spacial score (nSPS) is 10.3. The summed E-state index contributed by atoms with van der Waals surface area (Å²) >= 11 is 0. The van der Waals surface area contributed by atoms with Crippen LogP contribution < -0.4 is 15.8 Å². The van der Waals surface area contributed by atoms with Crippen LogP contribution in [0.4, 0.5) is 11.5 Å². The van der Waals surface area contributed by atoms with Crippen molar-refractivity contribution in [2.75, 3.05) is 18.5 Å². The van der Waals surface area contributed by atoms with Crippen molar-refractivity contribution in [3.8, 4) is 5.75 Å². The molecule has 0 aliphatic rings. The van der Waals surface area contributed by atoms with Gasteiger partial charge in [0.25, 0.3) is 0 Å². The third kappa shape index (κ3) is 3.66. The molecule has 100 valence electrons. The predicted octanol–water partition coefficient (Wildman–Crippen LogP) is 2.17. The maximum atomic E-state index is 5.49. The maximum Gasteiger partial charge on any atom is 0.152 e. The second-order valence-electron chi connectivity index (χ2n) is 4.24. The van der Waals surface area contributed by atoms with Gasteiger partial charge in [-0.05, 0) is 26.0 Å². The van der Waals surface area contributed by atoms with E-state index in [0.717, 1.165) is 28.6 Å². The van der Waals surface area contributed by atoms with E-state index >= 15 is 0 Å². The van der Waals surface area contributed by atoms with Crippen molar-refractivity contribution in [1.29, 1.82) is 0 Å². The summed E-state index contributed by atoms with van der Waals surface area (Å²) in [6, 6.07) is 7.69. The number of nitrogens with two attached hydrogens (primary N) is 1. The first-order valence-corrected chi connectivity index (χ1v) is 6.19. The van der Waals surface area contributed by atoms with E-state index in [1.165, 1.54) is 0 Å². The summed E-state index contributed by atoms with van der Waals surface area (Å²) in [4.78, 5) is 8.70. The second-order valence-corrected chi connectivity index (χ2v) is 4.24. The molecule has 0 bridgehead atoms. The van der Waals surface area contributed by atoms with Crippen molar-refractivity contribution in [2.24, 2.45) is 5.73 Å². The fraction of sp³-hybridized carbons (Fsp3) is 0.286. The van der Waals surface area contributed by atoms with Crippen molar-refractivity contribution in [3.63, 3.8) is 0 Å². The van der Waals surface area contributed by atoms with E-state index in [9.17, 15) is 0 Å². The molecule has 0 aliphatic carbocycles. The summed E-state index contributed by atoms with van der Waals surface area (Å²) in [5.74, 6) is 1.55. The first-order chi connectivity index (χ1) is 9.19. The SMILES string of the molecule is Cc1cnc(C)c(Nc2cccc(OCCN)c2)n1. The third-order valence-corrected chi connectivity index (χ3v) is 2.56. The van der Waals surface area contributed by atoms with Crippen molar-refractivity contribution < 1.29 is 4.74 Å². The van der Waals surface area contributed by atoms with E-state index < -0.39 is 0 Å². The van der Waals surface area contributed by atoms with Crippen LogP contribution in [0.5, 0.6) is 5.75 Å². The highest BCUT2D eigenvalue weighted by atomic mass is 16.5. The van der Waals surface area contributed by atoms with Gasteiger partial charge in [0.2, 0.25) is 0 Å². The minimum atomic E-state index is 0.500. The number of nitrogens with zero attached hydrogens (tertiary/aromatic N) is 2. The molecule has 0 radical (unpaired) electrons. The van der Waals surface area contributed by atoms with Crippen LogP contribution in [0.2, 0.25) is 0 Å². The van der Waals surface area contributed by atoms with Crippen LogP contribution in [0.15, 0.2) is 30.5 Å². The molecule has 1 heterocycles. The van der Waals surface area contributed by atoms with Crippen molar-refractivity contribution in [2.45, 2.75) is 13.8 Å². The van der Waals surface area contributed by atoms with Gasteiger partial charge in [0.05, 0.1) is 11.4 Å². The zero-order valence-corrected chi connectivity index (χ0v) is 11.2. The summed E-state index contributed by atoms with van der Waals surface area (Å²) in [5, 5.41) is 3.24. The zero-order valence-electron chi connectivity index (χ0n) is 11.2. The highest BCUT2D eigenvalue weighted by molar-refractivity contribution is 5.59. The standard InChI is InChI=1S/C14H18N4O/c1-10-9-16-11(2)14(17-10)18-12-4-3-5-13(8-12)19-7-6-15/h3-5,8-9H,6-7,15H2,1-2H3,(H,17,18). The number of hydrogen-bond donors (Lipinski definition) is 2. The molecule has 3 N–H and O–H groups in total. The lowest BCUT2D eigenvalue weighted by Crippen LogP contribution is -2.10. The highest BCUT2D eigenvalue weighted by Crippen LogP contribution is 2.21. The van der Waals surface area contributed by atoms with Gasteiger partial charge in [0.1, 0.15) is 12.4 Å². The molecule has 0 saturated carbocycles. The van der Waals surface area contributed by atoms with Gasteiger partial charge in [-0.1, -0.05) is 6.07 Å². The molecule has 2 rings (SSSR count). The van der Waals surface area contributed by atoms with E-state index in [2.05, 4.69) is 15.3 Å². The van der Waals surface area contributed by atoms with Crippen molar-refractivity contribution in [1.82, 2.24) is 9.97 Å². The molecule has 5 nitrogen and oxygen atoms in total. The molecule has 0 atom stereocenters. The maximum absolute atomic E-state index is 5.49. The van der Waals surface area contributed by atoms with Gasteiger partial charge in [-0.25, -0.2) is 4.98 Å². The number of benzene rings is 1. The second kappa shape index (κ2) is 6.15. The van der Waals surface area contributed by atoms with E-state index in [0.29, 0.717) is 13.2 Å². The fourth-order valence-corrected chi connectivity index (χ4v) is 1.63. The number of ether oxygens (including phenoxy) is 1. The number of hydrogen-bond acceptors (Lipinski definition) is 5. The largest absolute Gasteiger partial charge is 0.492 e. The molecule has 0 saturated heterocycles. The monoisotopic (exact) mass is 258 g/mol. The van der Waals surface area contributed by atoms with Gasteiger partial charge in [0.15, 0.2) is 5.82 Å². The molecule has 1 aromatic carbocycles. The Balaban J connectivity index is 2.16. The lowest BCUT2D eigenvalue weighted by atomic mass is 10.3. The Bertz CT molecular complexity index is 557. The Morgan fingerprint density at radius 3 is 2.95 bits per heavy atom. The molecule has 0 unspecified atom stereocenters. The molecule has 2 aromatic rings. The van der Waals surface area contributed by atoms with Crippen LogP contribution >= 0.6 is 0 Å². The quantitative estimate of drug-likeness (QED) is 0.860. The molecule has 0 fully saturated rings. The average Bonchev–Trinajstić information content (AvgIpc) is 2.41. The fourth-order valence-electron chi connectivity index (χ4n) is 1.63. The lowest BCUT2D eigenvalue weighted by molar-refractivity contribution is 0.328. The Morgan fingerprint density at radius 2 is 2.16 bits per heavy atom. The predicted molar refractivity (Wildman–Crippen MR) is 75.8 cm³/mol. The highest BCUT2D eigenvalue weighted by Gasteiger charge is 2.03. The summed E-state index contributed by atoms with van der Waals surface area (Å²) in [6.45, 7) is 4.84. The summed E-state index contributed by atoms with van der Waals surface area (Å²) < 4.78 is 5.49. The topological polar surface area (TPSA) is 73.1 Å². The molecule has 19 heavy (non-hydrogen) atoms. The van der Waals surface area contributed by atoms with Crippen LogP contribution in [-0.2, 0) is 0 Å². The summed E-state index contributed by atoms with van der Waals surface area (Å²) in [5.41, 5.74) is 8.07. The Morgan fingerprint density at radius 1 is 1.32 bits per heavy atom. The van der Waals surface area contributed by atoms with Gasteiger partial charge in [-0.15, -0.1) is 0 Å². The smallest absolute Gasteiger partial charge is 0.152 e. The molecule has 0 aliphatic heterocycles. The molecule has 0 spiro atoms. The molecule has 1 aromatic heterocycles. The van der Waals surface area contributed by atoms with Gasteiger partial charge < -0.3 is 15.8 Å². The zero-order chi connectivity index (χ0) is 13.7. The van der Waals surface area contributed by atoms with E-state index in [1.54, 1.807) is 6.20 Å². The van der Waals surface area contributed by atoms with Crippen LogP contribution in [-0.4, -0.2) is 23.1 Å². The van der Waals surface area contributed by atoms with Crippen LogP contribution in [0, 0.1) is 13.8 Å². The number of rotatable bonds is 5. The summed E-state index contributed by atoms with van der Waals surface area (Å²) in [6.07, 6.45) is 1.75. The average molecular weight is 258 g/mol. The van der Waals surface area contributed by atoms with Gasteiger partial charge in [-0.3, -0.25) is 4.98 Å². The van der Waals surface area contributed by atoms with E-state index in [-0.39, 0.29) is 0 Å². The van der Waals surface area contributed by atoms with Crippen molar-refractivity contribution in [3.05, 3.63) is 41.9 Å². The van der Waals surface area contributed by atoms with Crippen LogP contribution in [0.25, 0.3) is 0 Å². The van der Waals surface area contributed by atoms with Gasteiger partial charge in [-0.2, -0.15) is 0 Å². The Hall–Kier alpha value is -2.14. The molecule has 0 amide bonds. The number of aromatic nitrogens is 2.